The van der Waals surface area contributed by atoms with Crippen molar-refractivity contribution < 1.29 is 40.7 Å². The van der Waals surface area contributed by atoms with Crippen molar-refractivity contribution in [2.75, 3.05) is 38.7 Å². The Kier molecular flexibility index (Phi) is 11.0. The van der Waals surface area contributed by atoms with Gasteiger partial charge in [0.1, 0.15) is 6.54 Å². The quantitative estimate of drug-likeness (QED) is 0.122. The minimum Gasteiger partial charge on any atom is -0.385 e. The first kappa shape index (κ1) is 34.4. The van der Waals surface area contributed by atoms with Crippen LogP contribution in [0.25, 0.3) is 10.9 Å². The number of para-hydroxylation sites is 1. The number of benzene rings is 3. The van der Waals surface area contributed by atoms with Crippen molar-refractivity contribution in [2.45, 2.75) is 38.7 Å². The second-order valence-electron chi connectivity index (χ2n) is 10.9. The molecule has 0 aliphatic heterocycles. The van der Waals surface area contributed by atoms with Gasteiger partial charge >= 0.3 is 18.4 Å². The number of fused-ring (bicyclic) bond motifs is 1. The Bertz CT molecular complexity index is 1600. The molecule has 0 fully saturated rings. The van der Waals surface area contributed by atoms with E-state index in [0.717, 1.165) is 32.5 Å². The zero-order valence-corrected chi connectivity index (χ0v) is 25.3. The molecule has 0 aliphatic rings. The number of nitrogens with zero attached hydrogens (tertiary/aromatic N) is 2. The number of carbonyl (C=O) groups excluding carboxylic acids is 2. The number of aromatic amines is 1. The highest BCUT2D eigenvalue weighted by Gasteiger charge is 2.37. The van der Waals surface area contributed by atoms with Crippen molar-refractivity contribution in [1.82, 2.24) is 14.8 Å². The summed E-state index contributed by atoms with van der Waals surface area (Å²) < 4.78 is 85.5. The number of alkyl halides is 6. The summed E-state index contributed by atoms with van der Waals surface area (Å²) in [6, 6.07) is 15.1. The maximum Gasteiger partial charge on any atom is 0.416 e. The topological polar surface area (TPSA) is 77.7 Å². The van der Waals surface area contributed by atoms with Gasteiger partial charge in [-0.3, -0.25) is 4.79 Å². The highest BCUT2D eigenvalue weighted by molar-refractivity contribution is 5.92. The molecule has 3 amide bonds. The zero-order chi connectivity index (χ0) is 33.5. The summed E-state index contributed by atoms with van der Waals surface area (Å²) in [6.45, 7) is 2.12. The van der Waals surface area contributed by atoms with Crippen LogP contribution >= 0.6 is 0 Å². The molecule has 0 bridgehead atoms. The number of hydrogen-bond acceptors (Lipinski definition) is 3. The standard InChI is InChI=1S/C33H34F6N4O3/c1-22-8-10-23(11-9-22)20-42(14-12-24-19-40-29-7-4-3-6-28(24)29)30(44)21-43(13-5-15-46-2)31(45)41-27-17-25(32(34,35)36)16-26(18-27)33(37,38)39/h3-4,6-11,16-19,40H,5,12-15,20-21H2,1-2H3,(H,41,45). The van der Waals surface area contributed by atoms with Crippen molar-refractivity contribution in [3.8, 4) is 0 Å². The molecule has 246 valence electrons. The number of hydrogen-bond donors (Lipinski definition) is 2. The van der Waals surface area contributed by atoms with Gasteiger partial charge in [-0.1, -0.05) is 48.0 Å². The Hall–Kier alpha value is -4.52. The first-order valence-electron chi connectivity index (χ1n) is 14.5. The SMILES string of the molecule is COCCCN(CC(=O)N(CCc1c[nH]c2ccccc12)Cc1ccc(C)cc1)C(=O)Nc1cc(C(F)(F)F)cc(C(F)(F)F)c1. The Labute approximate surface area is 262 Å². The molecule has 4 rings (SSSR count). The summed E-state index contributed by atoms with van der Waals surface area (Å²) in [5, 5.41) is 3.14. The van der Waals surface area contributed by atoms with E-state index in [0.29, 0.717) is 18.6 Å². The van der Waals surface area contributed by atoms with Gasteiger partial charge in [-0.15, -0.1) is 0 Å². The van der Waals surface area contributed by atoms with Crippen LogP contribution in [-0.4, -0.2) is 60.1 Å². The monoisotopic (exact) mass is 648 g/mol. The number of nitrogens with one attached hydrogen (secondary N) is 2. The van der Waals surface area contributed by atoms with Crippen molar-refractivity contribution in [1.29, 1.82) is 0 Å². The second kappa shape index (κ2) is 14.7. The van der Waals surface area contributed by atoms with Crippen LogP contribution in [0.4, 0.5) is 36.8 Å². The largest absolute Gasteiger partial charge is 0.416 e. The average molecular weight is 649 g/mol. The lowest BCUT2D eigenvalue weighted by Gasteiger charge is -2.28. The van der Waals surface area contributed by atoms with E-state index in [4.69, 9.17) is 4.74 Å². The number of rotatable bonds is 12. The van der Waals surface area contributed by atoms with Gasteiger partial charge in [0.05, 0.1) is 11.1 Å². The fourth-order valence-corrected chi connectivity index (χ4v) is 4.94. The molecule has 0 radical (unpaired) electrons. The van der Waals surface area contributed by atoms with Crippen molar-refractivity contribution in [3.05, 3.63) is 101 Å². The smallest absolute Gasteiger partial charge is 0.385 e. The summed E-state index contributed by atoms with van der Waals surface area (Å²) in [6.07, 6.45) is -7.55. The van der Waals surface area contributed by atoms with Crippen molar-refractivity contribution >= 4 is 28.5 Å². The van der Waals surface area contributed by atoms with Gasteiger partial charge in [0.15, 0.2) is 0 Å². The lowest BCUT2D eigenvalue weighted by Crippen LogP contribution is -2.45. The van der Waals surface area contributed by atoms with Crippen LogP contribution in [0, 0.1) is 6.92 Å². The number of urea groups is 1. The molecule has 1 aromatic heterocycles. The first-order valence-corrected chi connectivity index (χ1v) is 14.5. The second-order valence-corrected chi connectivity index (χ2v) is 10.9. The molecule has 1 heterocycles. The predicted molar refractivity (Wildman–Crippen MR) is 162 cm³/mol. The normalized spacial score (nSPS) is 11.9. The van der Waals surface area contributed by atoms with Crippen LogP contribution in [0.2, 0.25) is 0 Å². The molecule has 46 heavy (non-hydrogen) atoms. The number of ether oxygens (including phenoxy) is 1. The summed E-state index contributed by atoms with van der Waals surface area (Å²) in [7, 11) is 1.44. The molecule has 0 spiro atoms. The average Bonchev–Trinajstić information content (AvgIpc) is 3.41. The Morgan fingerprint density at radius 2 is 1.52 bits per heavy atom. The molecule has 0 saturated carbocycles. The molecule has 0 atom stereocenters. The van der Waals surface area contributed by atoms with E-state index in [9.17, 15) is 35.9 Å². The van der Waals surface area contributed by atoms with Crippen LogP contribution in [0.15, 0.2) is 72.9 Å². The van der Waals surface area contributed by atoms with E-state index >= 15 is 0 Å². The summed E-state index contributed by atoms with van der Waals surface area (Å²) in [5.74, 6) is -0.451. The minimum atomic E-state index is -5.09. The summed E-state index contributed by atoms with van der Waals surface area (Å²) in [4.78, 5) is 32.9. The number of anilines is 1. The highest BCUT2D eigenvalue weighted by Crippen LogP contribution is 2.37. The molecule has 0 saturated heterocycles. The lowest BCUT2D eigenvalue weighted by molar-refractivity contribution is -0.143. The van der Waals surface area contributed by atoms with Crippen LogP contribution < -0.4 is 5.32 Å². The van der Waals surface area contributed by atoms with E-state index < -0.39 is 47.6 Å². The van der Waals surface area contributed by atoms with Crippen LogP contribution in [0.3, 0.4) is 0 Å². The Morgan fingerprint density at radius 1 is 0.870 bits per heavy atom. The van der Waals surface area contributed by atoms with Gasteiger partial charge in [-0.2, -0.15) is 26.3 Å². The van der Waals surface area contributed by atoms with Gasteiger partial charge in [0.25, 0.3) is 0 Å². The van der Waals surface area contributed by atoms with E-state index in [1.54, 1.807) is 4.90 Å². The third-order valence-corrected chi connectivity index (χ3v) is 7.40. The molecule has 4 aromatic rings. The van der Waals surface area contributed by atoms with Crippen molar-refractivity contribution in [2.24, 2.45) is 0 Å². The first-order chi connectivity index (χ1) is 21.7. The third-order valence-electron chi connectivity index (χ3n) is 7.40. The van der Waals surface area contributed by atoms with Gasteiger partial charge in [0.2, 0.25) is 5.91 Å². The number of halogens is 6. The van der Waals surface area contributed by atoms with Crippen molar-refractivity contribution in [3.63, 3.8) is 0 Å². The fraction of sp³-hybridized carbons (Fsp3) is 0.333. The number of amides is 3. The van der Waals surface area contributed by atoms with Gasteiger partial charge in [-0.05, 0) is 55.2 Å². The lowest BCUT2D eigenvalue weighted by atomic mass is 10.1. The number of carbonyl (C=O) groups is 2. The maximum absolute atomic E-state index is 13.8. The van der Waals surface area contributed by atoms with E-state index in [1.165, 1.54) is 7.11 Å². The molecular weight excluding hydrogens is 614 g/mol. The molecule has 0 unspecified atom stereocenters. The zero-order valence-electron chi connectivity index (χ0n) is 25.3. The Balaban J connectivity index is 1.57. The summed E-state index contributed by atoms with van der Waals surface area (Å²) >= 11 is 0. The van der Waals surface area contributed by atoms with Crippen LogP contribution in [-0.2, 0) is 34.8 Å². The van der Waals surface area contributed by atoms with E-state index in [-0.39, 0.29) is 38.7 Å². The molecule has 0 aliphatic carbocycles. The number of methoxy groups -OCH3 is 1. The number of aryl methyl sites for hydroxylation is 1. The van der Waals surface area contributed by atoms with Gasteiger partial charge in [0, 0.05) is 56.1 Å². The van der Waals surface area contributed by atoms with Crippen LogP contribution in [0.5, 0.6) is 0 Å². The Morgan fingerprint density at radius 3 is 2.15 bits per heavy atom. The van der Waals surface area contributed by atoms with E-state index in [2.05, 4.69) is 10.3 Å². The minimum absolute atomic E-state index is 0.0216. The molecule has 2 N–H and O–H groups in total. The maximum atomic E-state index is 13.8. The molecule has 7 nitrogen and oxygen atoms in total. The highest BCUT2D eigenvalue weighted by atomic mass is 19.4. The van der Waals surface area contributed by atoms with Gasteiger partial charge in [-0.25, -0.2) is 4.79 Å². The number of H-pyrrole nitrogens is 1. The molecule has 13 heteroatoms. The fourth-order valence-electron chi connectivity index (χ4n) is 4.94. The van der Waals surface area contributed by atoms with Crippen LogP contribution in [0.1, 0.15) is 34.2 Å². The number of aromatic nitrogens is 1. The molecular formula is C33H34F6N4O3. The molecule has 3 aromatic carbocycles. The van der Waals surface area contributed by atoms with E-state index in [1.807, 2.05) is 61.7 Å². The van der Waals surface area contributed by atoms with Gasteiger partial charge < -0.3 is 24.8 Å². The third kappa shape index (κ3) is 9.25. The predicted octanol–water partition coefficient (Wildman–Crippen LogP) is 7.66. The summed E-state index contributed by atoms with van der Waals surface area (Å²) in [5.41, 5.74) is -0.0358.